The second-order valence-corrected chi connectivity index (χ2v) is 6.15. The average molecular weight is 290 g/mol. The molecule has 1 saturated heterocycles. The maximum absolute atomic E-state index is 11.5. The standard InChI is InChI=1S/C10H12BrNO2S/c1-6-5-14-10(13)12(6)7(2)8-3-4-9(11)15-8/h3-4,6-7H,5H2,1-2H3/t6-,7?/m1/s1. The number of hydrogen-bond donors (Lipinski definition) is 0. The molecule has 5 heteroatoms. The maximum atomic E-state index is 11.5. The number of amides is 1. The van der Waals surface area contributed by atoms with Crippen LogP contribution < -0.4 is 0 Å². The number of ether oxygens (including phenoxy) is 1. The highest BCUT2D eigenvalue weighted by molar-refractivity contribution is 9.11. The van der Waals surface area contributed by atoms with Gasteiger partial charge in [-0.05, 0) is 41.9 Å². The van der Waals surface area contributed by atoms with E-state index in [1.54, 1.807) is 16.2 Å². The van der Waals surface area contributed by atoms with Crippen molar-refractivity contribution in [3.63, 3.8) is 0 Å². The molecule has 3 nitrogen and oxygen atoms in total. The summed E-state index contributed by atoms with van der Waals surface area (Å²) in [4.78, 5) is 14.5. The molecule has 1 aliphatic heterocycles. The average Bonchev–Trinajstić information content (AvgIpc) is 2.73. The van der Waals surface area contributed by atoms with E-state index in [2.05, 4.69) is 15.9 Å². The molecular formula is C10H12BrNO2S. The Kier molecular flexibility index (Phi) is 3.02. The molecule has 0 spiro atoms. The van der Waals surface area contributed by atoms with Gasteiger partial charge < -0.3 is 4.74 Å². The summed E-state index contributed by atoms with van der Waals surface area (Å²) in [6, 6.07) is 4.29. The zero-order valence-corrected chi connectivity index (χ0v) is 11.0. The molecule has 2 heterocycles. The van der Waals surface area contributed by atoms with E-state index >= 15 is 0 Å². The maximum Gasteiger partial charge on any atom is 0.410 e. The minimum absolute atomic E-state index is 0.0892. The molecule has 0 aliphatic carbocycles. The van der Waals surface area contributed by atoms with Crippen LogP contribution in [0, 0.1) is 0 Å². The summed E-state index contributed by atoms with van der Waals surface area (Å²) >= 11 is 5.08. The van der Waals surface area contributed by atoms with Crippen LogP contribution in [-0.4, -0.2) is 23.6 Å². The molecule has 0 aromatic carbocycles. The first kappa shape index (κ1) is 11.0. The van der Waals surface area contributed by atoms with E-state index in [9.17, 15) is 4.79 Å². The monoisotopic (exact) mass is 289 g/mol. The topological polar surface area (TPSA) is 29.5 Å². The second kappa shape index (κ2) is 4.14. The van der Waals surface area contributed by atoms with E-state index in [1.165, 1.54) is 4.88 Å². The van der Waals surface area contributed by atoms with Gasteiger partial charge in [0.1, 0.15) is 6.61 Å². The molecule has 1 unspecified atom stereocenters. The summed E-state index contributed by atoms with van der Waals surface area (Å²) in [7, 11) is 0. The van der Waals surface area contributed by atoms with Gasteiger partial charge >= 0.3 is 6.09 Å². The zero-order valence-electron chi connectivity index (χ0n) is 8.57. The number of hydrogen-bond acceptors (Lipinski definition) is 3. The molecule has 82 valence electrons. The summed E-state index contributed by atoms with van der Waals surface area (Å²) in [6.07, 6.45) is -0.209. The van der Waals surface area contributed by atoms with Crippen molar-refractivity contribution in [2.75, 3.05) is 6.61 Å². The van der Waals surface area contributed by atoms with Gasteiger partial charge in [0.25, 0.3) is 0 Å². The Hall–Kier alpha value is -0.550. The van der Waals surface area contributed by atoms with Crippen molar-refractivity contribution in [2.24, 2.45) is 0 Å². The van der Waals surface area contributed by atoms with Crippen LogP contribution in [-0.2, 0) is 4.74 Å². The third-order valence-electron chi connectivity index (χ3n) is 2.56. The van der Waals surface area contributed by atoms with Crippen LogP contribution >= 0.6 is 27.3 Å². The van der Waals surface area contributed by atoms with Gasteiger partial charge in [-0.25, -0.2) is 4.79 Å². The highest BCUT2D eigenvalue weighted by atomic mass is 79.9. The fourth-order valence-corrected chi connectivity index (χ4v) is 3.23. The molecule has 0 radical (unpaired) electrons. The number of nitrogens with zero attached hydrogens (tertiary/aromatic N) is 1. The van der Waals surface area contributed by atoms with Crippen molar-refractivity contribution in [3.05, 3.63) is 20.8 Å². The second-order valence-electron chi connectivity index (χ2n) is 3.65. The van der Waals surface area contributed by atoms with Crippen LogP contribution in [0.2, 0.25) is 0 Å². The Labute approximate surface area is 101 Å². The number of halogens is 1. The predicted molar refractivity (Wildman–Crippen MR) is 63.1 cm³/mol. The molecule has 2 atom stereocenters. The van der Waals surface area contributed by atoms with Crippen LogP contribution in [0.1, 0.15) is 24.8 Å². The van der Waals surface area contributed by atoms with Crippen LogP contribution in [0.3, 0.4) is 0 Å². The molecule has 0 N–H and O–H groups in total. The minimum atomic E-state index is -0.209. The Balaban J connectivity index is 2.20. The van der Waals surface area contributed by atoms with E-state index in [1.807, 2.05) is 26.0 Å². The first-order chi connectivity index (χ1) is 7.09. The van der Waals surface area contributed by atoms with Crippen LogP contribution in [0.5, 0.6) is 0 Å². The van der Waals surface area contributed by atoms with E-state index < -0.39 is 0 Å². The third-order valence-corrected chi connectivity index (χ3v) is 4.35. The van der Waals surface area contributed by atoms with Gasteiger partial charge in [0.2, 0.25) is 0 Å². The molecule has 0 bridgehead atoms. The van der Waals surface area contributed by atoms with Gasteiger partial charge in [-0.15, -0.1) is 11.3 Å². The van der Waals surface area contributed by atoms with E-state index in [0.717, 1.165) is 3.79 Å². The van der Waals surface area contributed by atoms with Gasteiger partial charge in [0, 0.05) is 4.88 Å². The van der Waals surface area contributed by atoms with Crippen LogP contribution in [0.15, 0.2) is 15.9 Å². The Morgan fingerprint density at radius 2 is 2.40 bits per heavy atom. The van der Waals surface area contributed by atoms with Crippen molar-refractivity contribution < 1.29 is 9.53 Å². The molecule has 15 heavy (non-hydrogen) atoms. The summed E-state index contributed by atoms with van der Waals surface area (Å²) < 4.78 is 6.09. The quantitative estimate of drug-likeness (QED) is 0.835. The number of cyclic esters (lactones) is 1. The van der Waals surface area contributed by atoms with Crippen molar-refractivity contribution in [3.8, 4) is 0 Å². The lowest BCUT2D eigenvalue weighted by atomic mass is 10.2. The van der Waals surface area contributed by atoms with Gasteiger partial charge in [-0.3, -0.25) is 4.90 Å². The predicted octanol–water partition coefficient (Wildman–Crippen LogP) is 3.41. The molecule has 1 amide bonds. The lowest BCUT2D eigenvalue weighted by molar-refractivity contribution is 0.148. The van der Waals surface area contributed by atoms with Gasteiger partial charge in [0.15, 0.2) is 0 Å². The van der Waals surface area contributed by atoms with E-state index in [4.69, 9.17) is 4.74 Å². The van der Waals surface area contributed by atoms with Gasteiger partial charge in [-0.2, -0.15) is 0 Å². The fourth-order valence-electron chi connectivity index (χ4n) is 1.76. The molecule has 1 aromatic rings. The summed E-state index contributed by atoms with van der Waals surface area (Å²) in [6.45, 7) is 4.53. The molecule has 0 saturated carbocycles. The SMILES string of the molecule is CC(c1ccc(Br)s1)N1C(=O)OC[C@H]1C. The smallest absolute Gasteiger partial charge is 0.410 e. The number of rotatable bonds is 2. The van der Waals surface area contributed by atoms with Crippen molar-refractivity contribution in [2.45, 2.75) is 25.9 Å². The first-order valence-electron chi connectivity index (χ1n) is 4.80. The Morgan fingerprint density at radius 3 is 2.87 bits per heavy atom. The van der Waals surface area contributed by atoms with Gasteiger partial charge in [0.05, 0.1) is 15.9 Å². The highest BCUT2D eigenvalue weighted by Crippen LogP contribution is 2.33. The lowest BCUT2D eigenvalue weighted by Crippen LogP contribution is -2.33. The van der Waals surface area contributed by atoms with Crippen LogP contribution in [0.4, 0.5) is 4.79 Å². The number of carbonyl (C=O) groups excluding carboxylic acids is 1. The molecule has 1 fully saturated rings. The molecule has 2 rings (SSSR count). The number of carbonyl (C=O) groups is 1. The van der Waals surface area contributed by atoms with E-state index in [0.29, 0.717) is 6.61 Å². The van der Waals surface area contributed by atoms with Crippen molar-refractivity contribution >= 4 is 33.4 Å². The molecule has 1 aliphatic rings. The van der Waals surface area contributed by atoms with Gasteiger partial charge in [-0.1, -0.05) is 0 Å². The summed E-state index contributed by atoms with van der Waals surface area (Å²) in [5.41, 5.74) is 0. The Bertz CT molecular complexity index is 379. The minimum Gasteiger partial charge on any atom is -0.447 e. The molecular weight excluding hydrogens is 278 g/mol. The highest BCUT2D eigenvalue weighted by Gasteiger charge is 2.34. The summed E-state index contributed by atoms with van der Waals surface area (Å²) in [5.74, 6) is 0. The zero-order chi connectivity index (χ0) is 11.0. The largest absolute Gasteiger partial charge is 0.447 e. The molecule has 1 aromatic heterocycles. The van der Waals surface area contributed by atoms with Crippen molar-refractivity contribution in [1.29, 1.82) is 0 Å². The normalized spacial score (nSPS) is 23.0. The van der Waals surface area contributed by atoms with E-state index in [-0.39, 0.29) is 18.2 Å². The lowest BCUT2D eigenvalue weighted by Gasteiger charge is -2.24. The van der Waals surface area contributed by atoms with Crippen LogP contribution in [0.25, 0.3) is 0 Å². The summed E-state index contributed by atoms with van der Waals surface area (Å²) in [5, 5.41) is 0. The fraction of sp³-hybridized carbons (Fsp3) is 0.500. The third kappa shape index (κ3) is 2.03. The Morgan fingerprint density at radius 1 is 1.67 bits per heavy atom. The van der Waals surface area contributed by atoms with Crippen molar-refractivity contribution in [1.82, 2.24) is 4.90 Å². The number of thiophene rings is 1. The first-order valence-corrected chi connectivity index (χ1v) is 6.41.